The van der Waals surface area contributed by atoms with Gasteiger partial charge in [0.1, 0.15) is 5.65 Å². The minimum Gasteiger partial charge on any atom is -0.359 e. The molecule has 144 valence electrons. The zero-order valence-electron chi connectivity index (χ0n) is 15.4. The number of rotatable bonds is 4. The molecule has 0 saturated heterocycles. The molecular formula is C20H21N5O3. The van der Waals surface area contributed by atoms with Crippen molar-refractivity contribution in [2.45, 2.75) is 19.0 Å². The Bertz CT molecular complexity index is 1040. The summed E-state index contributed by atoms with van der Waals surface area (Å²) in [7, 11) is 1.65. The number of hydrogen-bond donors (Lipinski definition) is 4. The van der Waals surface area contributed by atoms with Crippen molar-refractivity contribution in [2.75, 3.05) is 13.6 Å². The zero-order valence-corrected chi connectivity index (χ0v) is 15.4. The van der Waals surface area contributed by atoms with Crippen molar-refractivity contribution in [2.24, 2.45) is 0 Å². The van der Waals surface area contributed by atoms with Gasteiger partial charge < -0.3 is 15.2 Å². The summed E-state index contributed by atoms with van der Waals surface area (Å²) in [6.45, 7) is 1.81. The van der Waals surface area contributed by atoms with E-state index in [9.17, 15) is 9.59 Å². The minimum absolute atomic E-state index is 0.0179. The van der Waals surface area contributed by atoms with Gasteiger partial charge in [0.15, 0.2) is 0 Å². The van der Waals surface area contributed by atoms with Crippen molar-refractivity contribution in [3.63, 3.8) is 0 Å². The number of hydroxylamine groups is 1. The Labute approximate surface area is 161 Å². The van der Waals surface area contributed by atoms with E-state index in [1.807, 2.05) is 24.3 Å². The van der Waals surface area contributed by atoms with Gasteiger partial charge >= 0.3 is 0 Å². The van der Waals surface area contributed by atoms with E-state index in [1.165, 1.54) is 0 Å². The molecule has 0 spiro atoms. The van der Waals surface area contributed by atoms with Crippen LogP contribution >= 0.6 is 0 Å². The third-order valence-corrected chi connectivity index (χ3v) is 5.18. The fourth-order valence-electron chi connectivity index (χ4n) is 3.84. The Balaban J connectivity index is 1.78. The van der Waals surface area contributed by atoms with Crippen molar-refractivity contribution in [3.05, 3.63) is 65.0 Å². The molecule has 1 unspecified atom stereocenters. The van der Waals surface area contributed by atoms with E-state index in [1.54, 1.807) is 30.9 Å². The lowest BCUT2D eigenvalue weighted by Crippen LogP contribution is -2.37. The summed E-state index contributed by atoms with van der Waals surface area (Å²) in [5.74, 6) is -0.831. The quantitative estimate of drug-likeness (QED) is 0.402. The molecule has 4 N–H and O–H groups in total. The van der Waals surface area contributed by atoms with Crippen molar-refractivity contribution >= 4 is 22.8 Å². The maximum atomic E-state index is 12.4. The molecular weight excluding hydrogens is 358 g/mol. The maximum absolute atomic E-state index is 12.4. The molecule has 8 heteroatoms. The summed E-state index contributed by atoms with van der Waals surface area (Å²) in [6, 6.07) is 10.9. The summed E-state index contributed by atoms with van der Waals surface area (Å²) in [5, 5.41) is 15.8. The van der Waals surface area contributed by atoms with Crippen LogP contribution in [0.15, 0.2) is 42.6 Å². The van der Waals surface area contributed by atoms with Gasteiger partial charge in [0.05, 0.1) is 5.92 Å². The van der Waals surface area contributed by atoms with Crippen LogP contribution in [-0.4, -0.2) is 40.2 Å². The number of benzene rings is 1. The van der Waals surface area contributed by atoms with Crippen LogP contribution in [0.5, 0.6) is 0 Å². The summed E-state index contributed by atoms with van der Waals surface area (Å²) in [5.41, 5.74) is 5.91. The van der Waals surface area contributed by atoms with Gasteiger partial charge in [0.2, 0.25) is 5.91 Å². The van der Waals surface area contributed by atoms with E-state index in [-0.39, 0.29) is 11.8 Å². The Hall–Kier alpha value is -3.23. The Kier molecular flexibility index (Phi) is 4.81. The molecule has 0 saturated carbocycles. The normalized spacial score (nSPS) is 15.9. The predicted molar refractivity (Wildman–Crippen MR) is 103 cm³/mol. The lowest BCUT2D eigenvalue weighted by molar-refractivity contribution is -0.122. The Morgan fingerprint density at radius 3 is 2.79 bits per heavy atom. The van der Waals surface area contributed by atoms with Crippen molar-refractivity contribution < 1.29 is 14.8 Å². The number of amides is 2. The lowest BCUT2D eigenvalue weighted by atomic mass is 9.92. The third kappa shape index (κ3) is 3.02. The van der Waals surface area contributed by atoms with E-state index in [2.05, 4.69) is 20.2 Å². The molecule has 1 aromatic carbocycles. The van der Waals surface area contributed by atoms with Crippen LogP contribution in [-0.2, 0) is 17.9 Å². The van der Waals surface area contributed by atoms with Gasteiger partial charge in [-0.25, -0.2) is 10.5 Å². The fourth-order valence-corrected chi connectivity index (χ4v) is 3.84. The highest BCUT2D eigenvalue weighted by atomic mass is 16.5. The molecule has 0 bridgehead atoms. The summed E-state index contributed by atoms with van der Waals surface area (Å²) >= 11 is 0. The fraction of sp³-hybridized carbons (Fsp3) is 0.250. The first-order valence-corrected chi connectivity index (χ1v) is 9.05. The van der Waals surface area contributed by atoms with E-state index >= 15 is 0 Å². The second-order valence-electron chi connectivity index (χ2n) is 6.76. The van der Waals surface area contributed by atoms with E-state index in [4.69, 9.17) is 5.21 Å². The van der Waals surface area contributed by atoms with Crippen LogP contribution in [0.2, 0.25) is 0 Å². The van der Waals surface area contributed by atoms with Gasteiger partial charge in [-0.15, -0.1) is 0 Å². The summed E-state index contributed by atoms with van der Waals surface area (Å²) < 4.78 is 2.12. The molecule has 28 heavy (non-hydrogen) atoms. The van der Waals surface area contributed by atoms with Gasteiger partial charge in [0.25, 0.3) is 5.91 Å². The Morgan fingerprint density at radius 2 is 2.07 bits per heavy atom. The van der Waals surface area contributed by atoms with Crippen LogP contribution in [0, 0.1) is 0 Å². The van der Waals surface area contributed by atoms with Gasteiger partial charge in [-0.2, -0.15) is 0 Å². The third-order valence-electron chi connectivity index (χ3n) is 5.18. The predicted octanol–water partition coefficient (Wildman–Crippen LogP) is 1.14. The number of pyridine rings is 1. The van der Waals surface area contributed by atoms with Gasteiger partial charge in [-0.05, 0) is 35.4 Å². The number of nitrogens with zero attached hydrogens (tertiary/aromatic N) is 2. The van der Waals surface area contributed by atoms with Gasteiger partial charge in [0, 0.05) is 49.5 Å². The molecule has 2 aromatic heterocycles. The number of carbonyl (C=O) groups excluding carboxylic acids is 2. The smallest absolute Gasteiger partial charge is 0.274 e. The molecule has 3 heterocycles. The largest absolute Gasteiger partial charge is 0.359 e. The number of fused-ring (bicyclic) bond motifs is 3. The van der Waals surface area contributed by atoms with E-state index in [0.717, 1.165) is 27.9 Å². The van der Waals surface area contributed by atoms with Crippen LogP contribution in [0.1, 0.15) is 33.1 Å². The Morgan fingerprint density at radius 1 is 1.29 bits per heavy atom. The van der Waals surface area contributed by atoms with Crippen LogP contribution in [0.4, 0.5) is 0 Å². The van der Waals surface area contributed by atoms with Crippen LogP contribution < -0.4 is 16.1 Å². The molecule has 0 aliphatic carbocycles. The van der Waals surface area contributed by atoms with Crippen molar-refractivity contribution in [1.82, 2.24) is 25.7 Å². The second-order valence-corrected chi connectivity index (χ2v) is 6.76. The van der Waals surface area contributed by atoms with E-state index in [0.29, 0.717) is 25.2 Å². The van der Waals surface area contributed by atoms with E-state index < -0.39 is 5.91 Å². The highest BCUT2D eigenvalue weighted by Crippen LogP contribution is 2.34. The summed E-state index contributed by atoms with van der Waals surface area (Å²) in [4.78, 5) is 28.5. The minimum atomic E-state index is -0.547. The molecule has 2 amide bonds. The van der Waals surface area contributed by atoms with Crippen molar-refractivity contribution in [3.8, 4) is 0 Å². The zero-order chi connectivity index (χ0) is 19.7. The topological polar surface area (TPSA) is 108 Å². The van der Waals surface area contributed by atoms with Crippen LogP contribution in [0.25, 0.3) is 11.0 Å². The second kappa shape index (κ2) is 7.41. The first-order chi connectivity index (χ1) is 13.6. The monoisotopic (exact) mass is 379 g/mol. The standard InChI is InChI=1S/C20H21N5O3/c1-21-20(27)15-9-22-10-16-17(15)14-3-2-8-23-18(14)25(16)11-12-4-6-13(7-5-12)19(26)24-28/h2-8,15,22,28H,9-11H2,1H3,(H,21,27)(H,24,26). The molecule has 1 aliphatic heterocycles. The molecule has 1 aliphatic rings. The molecule has 3 aromatic rings. The first-order valence-electron chi connectivity index (χ1n) is 9.05. The number of nitrogens with one attached hydrogen (secondary N) is 3. The molecule has 0 radical (unpaired) electrons. The highest BCUT2D eigenvalue weighted by Gasteiger charge is 2.31. The van der Waals surface area contributed by atoms with Crippen molar-refractivity contribution in [1.29, 1.82) is 0 Å². The number of hydrogen-bond acceptors (Lipinski definition) is 5. The lowest BCUT2D eigenvalue weighted by Gasteiger charge is -2.24. The number of likely N-dealkylation sites (N-methyl/N-ethyl adjacent to an activating group) is 1. The van der Waals surface area contributed by atoms with Gasteiger partial charge in [-0.1, -0.05) is 12.1 Å². The maximum Gasteiger partial charge on any atom is 0.274 e. The number of aromatic nitrogens is 2. The molecule has 1 atom stereocenters. The van der Waals surface area contributed by atoms with Crippen LogP contribution in [0.3, 0.4) is 0 Å². The van der Waals surface area contributed by atoms with Gasteiger partial charge in [-0.3, -0.25) is 14.8 Å². The SMILES string of the molecule is CNC(=O)C1CNCc2c1c1cccnc1n2Cc1ccc(C(=O)NO)cc1. The molecule has 0 fully saturated rings. The average Bonchev–Trinajstić information content (AvgIpc) is 3.07. The first kappa shape index (κ1) is 18.1. The number of carbonyl (C=O) groups is 2. The molecule has 8 nitrogen and oxygen atoms in total. The molecule has 4 rings (SSSR count). The highest BCUT2D eigenvalue weighted by molar-refractivity contribution is 5.94. The summed E-state index contributed by atoms with van der Waals surface area (Å²) in [6.07, 6.45) is 1.75. The average molecular weight is 379 g/mol.